The number of anilines is 2. The number of benzene rings is 1. The first-order chi connectivity index (χ1) is 9.01. The second-order valence-electron chi connectivity index (χ2n) is 4.21. The van der Waals surface area contributed by atoms with E-state index in [0.29, 0.717) is 11.4 Å². The topological polar surface area (TPSA) is 64.3 Å². The number of thiophene rings is 1. The normalized spacial score (nSPS) is 10.3. The summed E-state index contributed by atoms with van der Waals surface area (Å²) in [6.07, 6.45) is 0. The van der Waals surface area contributed by atoms with Crippen molar-refractivity contribution in [3.63, 3.8) is 0 Å². The van der Waals surface area contributed by atoms with Gasteiger partial charge in [-0.05, 0) is 36.2 Å². The molecule has 1 heterocycles. The van der Waals surface area contributed by atoms with Crippen LogP contribution in [0.15, 0.2) is 24.3 Å². The van der Waals surface area contributed by atoms with Gasteiger partial charge in [-0.25, -0.2) is 0 Å². The average Bonchev–Trinajstić information content (AvgIpc) is 2.67. The van der Waals surface area contributed by atoms with Crippen LogP contribution in [0.1, 0.15) is 11.8 Å². The molecular weight excluding hydrogens is 260 g/mol. The molecular formula is C14H16N2O2S. The van der Waals surface area contributed by atoms with Gasteiger partial charge in [0.1, 0.15) is 5.75 Å². The van der Waals surface area contributed by atoms with Gasteiger partial charge in [0.25, 0.3) is 0 Å². The molecule has 0 atom stereocenters. The van der Waals surface area contributed by atoms with Gasteiger partial charge in [-0.15, -0.1) is 11.3 Å². The molecule has 5 heteroatoms. The van der Waals surface area contributed by atoms with Crippen molar-refractivity contribution in [3.05, 3.63) is 29.1 Å². The molecule has 0 unspecified atom stereocenters. The summed E-state index contributed by atoms with van der Waals surface area (Å²) >= 11 is 1.55. The number of ether oxygens (including phenoxy) is 1. The third kappa shape index (κ3) is 2.88. The van der Waals surface area contributed by atoms with Crippen molar-refractivity contribution < 1.29 is 9.53 Å². The highest BCUT2D eigenvalue weighted by Crippen LogP contribution is 2.36. The standard InChI is InChI=1S/C14H16N2O2S/c1-8-11(7-14(15)19-8)10-4-5-13(18-3)12(6-10)16-9(2)17/h4-7H,15H2,1-3H3,(H,16,17). The number of nitrogens with two attached hydrogens (primary N) is 1. The maximum atomic E-state index is 11.2. The van der Waals surface area contributed by atoms with E-state index >= 15 is 0 Å². The number of rotatable bonds is 3. The van der Waals surface area contributed by atoms with Gasteiger partial charge in [0, 0.05) is 11.8 Å². The Morgan fingerprint density at radius 1 is 1.37 bits per heavy atom. The predicted octanol–water partition coefficient (Wildman–Crippen LogP) is 3.27. The van der Waals surface area contributed by atoms with Crippen LogP contribution in [0.5, 0.6) is 5.75 Å². The molecule has 19 heavy (non-hydrogen) atoms. The lowest BCUT2D eigenvalue weighted by molar-refractivity contribution is -0.114. The molecule has 3 N–H and O–H groups in total. The van der Waals surface area contributed by atoms with Crippen molar-refractivity contribution in [1.82, 2.24) is 0 Å². The Morgan fingerprint density at radius 3 is 2.63 bits per heavy atom. The van der Waals surface area contributed by atoms with E-state index in [0.717, 1.165) is 21.0 Å². The van der Waals surface area contributed by atoms with Crippen molar-refractivity contribution in [2.45, 2.75) is 13.8 Å². The number of methoxy groups -OCH3 is 1. The number of hydrogen-bond acceptors (Lipinski definition) is 4. The molecule has 2 rings (SSSR count). The van der Waals surface area contributed by atoms with Gasteiger partial charge >= 0.3 is 0 Å². The Morgan fingerprint density at radius 2 is 2.11 bits per heavy atom. The van der Waals surface area contributed by atoms with Gasteiger partial charge in [-0.1, -0.05) is 6.07 Å². The molecule has 4 nitrogen and oxygen atoms in total. The highest BCUT2D eigenvalue weighted by Gasteiger charge is 2.10. The molecule has 2 aromatic rings. The second-order valence-corrected chi connectivity index (χ2v) is 5.50. The van der Waals surface area contributed by atoms with Crippen molar-refractivity contribution in [1.29, 1.82) is 0 Å². The van der Waals surface area contributed by atoms with Gasteiger partial charge in [0.15, 0.2) is 0 Å². The fraction of sp³-hybridized carbons (Fsp3) is 0.214. The highest BCUT2D eigenvalue weighted by atomic mass is 32.1. The van der Waals surface area contributed by atoms with Crippen LogP contribution < -0.4 is 15.8 Å². The lowest BCUT2D eigenvalue weighted by Crippen LogP contribution is -2.07. The predicted molar refractivity (Wildman–Crippen MR) is 79.8 cm³/mol. The minimum absolute atomic E-state index is 0.128. The van der Waals surface area contributed by atoms with E-state index in [9.17, 15) is 4.79 Å². The van der Waals surface area contributed by atoms with Gasteiger partial charge in [-0.2, -0.15) is 0 Å². The van der Waals surface area contributed by atoms with Crippen molar-refractivity contribution in [3.8, 4) is 16.9 Å². The monoisotopic (exact) mass is 276 g/mol. The first kappa shape index (κ1) is 13.4. The first-order valence-electron chi connectivity index (χ1n) is 5.83. The number of amides is 1. The zero-order chi connectivity index (χ0) is 14.0. The number of nitrogen functional groups attached to an aromatic ring is 1. The van der Waals surface area contributed by atoms with Gasteiger partial charge in [-0.3, -0.25) is 4.79 Å². The summed E-state index contributed by atoms with van der Waals surface area (Å²) in [7, 11) is 1.58. The Labute approximate surface area is 116 Å². The Bertz CT molecular complexity index is 620. The molecule has 0 aliphatic carbocycles. The second kappa shape index (κ2) is 5.32. The zero-order valence-electron chi connectivity index (χ0n) is 11.1. The first-order valence-corrected chi connectivity index (χ1v) is 6.65. The molecule has 0 saturated heterocycles. The van der Waals surface area contributed by atoms with Crippen molar-refractivity contribution in [2.75, 3.05) is 18.2 Å². The number of carbonyl (C=O) groups excluding carboxylic acids is 1. The maximum Gasteiger partial charge on any atom is 0.221 e. The van der Waals surface area contributed by atoms with E-state index in [4.69, 9.17) is 10.5 Å². The average molecular weight is 276 g/mol. The minimum atomic E-state index is -0.128. The SMILES string of the molecule is COc1ccc(-c2cc(N)sc2C)cc1NC(C)=O. The van der Waals surface area contributed by atoms with E-state index in [1.54, 1.807) is 18.4 Å². The molecule has 0 radical (unpaired) electrons. The largest absolute Gasteiger partial charge is 0.495 e. The molecule has 0 aliphatic rings. The van der Waals surface area contributed by atoms with Crippen molar-refractivity contribution >= 4 is 27.9 Å². The zero-order valence-corrected chi connectivity index (χ0v) is 11.9. The number of hydrogen-bond donors (Lipinski definition) is 2. The third-order valence-corrected chi connectivity index (χ3v) is 3.64. The molecule has 0 fully saturated rings. The third-order valence-electron chi connectivity index (χ3n) is 2.76. The summed E-state index contributed by atoms with van der Waals surface area (Å²) in [6.45, 7) is 3.50. The van der Waals surface area contributed by atoms with Gasteiger partial charge < -0.3 is 15.8 Å². The van der Waals surface area contributed by atoms with Gasteiger partial charge in [0.05, 0.1) is 17.8 Å². The molecule has 0 saturated carbocycles. The van der Waals surface area contributed by atoms with Crippen LogP contribution in [-0.2, 0) is 4.79 Å². The van der Waals surface area contributed by atoms with Crippen LogP contribution in [0.3, 0.4) is 0 Å². The van der Waals surface area contributed by atoms with Crippen LogP contribution >= 0.6 is 11.3 Å². The number of nitrogens with one attached hydrogen (secondary N) is 1. The minimum Gasteiger partial charge on any atom is -0.495 e. The fourth-order valence-corrected chi connectivity index (χ4v) is 2.77. The molecule has 0 bridgehead atoms. The van der Waals surface area contributed by atoms with E-state index < -0.39 is 0 Å². The van der Waals surface area contributed by atoms with Crippen LogP contribution in [0.25, 0.3) is 11.1 Å². The summed E-state index contributed by atoms with van der Waals surface area (Å²) < 4.78 is 5.24. The number of carbonyl (C=O) groups is 1. The molecule has 1 aromatic heterocycles. The Hall–Kier alpha value is -2.01. The van der Waals surface area contributed by atoms with Crippen molar-refractivity contribution in [2.24, 2.45) is 0 Å². The lowest BCUT2D eigenvalue weighted by Gasteiger charge is -2.11. The summed E-state index contributed by atoms with van der Waals surface area (Å²) in [4.78, 5) is 12.4. The summed E-state index contributed by atoms with van der Waals surface area (Å²) in [5, 5.41) is 3.55. The Kier molecular flexibility index (Phi) is 3.76. The Balaban J connectivity index is 2.48. The molecule has 100 valence electrons. The van der Waals surface area contributed by atoms with E-state index in [2.05, 4.69) is 5.32 Å². The maximum absolute atomic E-state index is 11.2. The van der Waals surface area contributed by atoms with E-state index in [1.165, 1.54) is 6.92 Å². The highest BCUT2D eigenvalue weighted by molar-refractivity contribution is 7.16. The van der Waals surface area contributed by atoms with Crippen LogP contribution in [0.4, 0.5) is 10.7 Å². The fourth-order valence-electron chi connectivity index (χ4n) is 1.95. The van der Waals surface area contributed by atoms with Gasteiger partial charge in [0.2, 0.25) is 5.91 Å². The summed E-state index contributed by atoms with van der Waals surface area (Å²) in [5.74, 6) is 0.511. The summed E-state index contributed by atoms with van der Waals surface area (Å²) in [5.41, 5.74) is 8.57. The van der Waals surface area contributed by atoms with E-state index in [1.807, 2.05) is 31.2 Å². The quantitative estimate of drug-likeness (QED) is 0.904. The molecule has 1 aromatic carbocycles. The van der Waals surface area contributed by atoms with Crippen LogP contribution in [0, 0.1) is 6.92 Å². The van der Waals surface area contributed by atoms with Crippen LogP contribution in [0.2, 0.25) is 0 Å². The number of aryl methyl sites for hydroxylation is 1. The smallest absolute Gasteiger partial charge is 0.221 e. The molecule has 1 amide bonds. The van der Waals surface area contributed by atoms with Crippen LogP contribution in [-0.4, -0.2) is 13.0 Å². The lowest BCUT2D eigenvalue weighted by atomic mass is 10.1. The molecule has 0 aliphatic heterocycles. The van der Waals surface area contributed by atoms with E-state index in [-0.39, 0.29) is 5.91 Å². The molecule has 0 spiro atoms. The summed E-state index contributed by atoms with van der Waals surface area (Å²) in [6, 6.07) is 7.64.